The van der Waals surface area contributed by atoms with Crippen LogP contribution in [-0.2, 0) is 17.6 Å². The molecule has 0 atom stereocenters. The van der Waals surface area contributed by atoms with E-state index in [2.05, 4.69) is 37.3 Å². The molecule has 0 saturated heterocycles. The Bertz CT molecular complexity index is 1380. The van der Waals surface area contributed by atoms with Crippen LogP contribution in [0.5, 0.6) is 0 Å². The average Bonchev–Trinajstić information content (AvgIpc) is 3.26. The SMILES string of the molecule is Cc1nc(-c2cccnc2)[nH]c(=O)c1CC(=O)Nc1ccccc1N1CCc2ccccc21. The van der Waals surface area contributed by atoms with Crippen LogP contribution in [0.2, 0.25) is 0 Å². The molecule has 1 amide bonds. The Morgan fingerprint density at radius 1 is 1.06 bits per heavy atom. The fourth-order valence-electron chi connectivity index (χ4n) is 4.22. The number of pyridine rings is 1. The molecule has 33 heavy (non-hydrogen) atoms. The first kappa shape index (κ1) is 20.6. The molecule has 7 nitrogen and oxygen atoms in total. The van der Waals surface area contributed by atoms with E-state index in [4.69, 9.17) is 0 Å². The average molecular weight is 438 g/mol. The number of carbonyl (C=O) groups is 1. The number of rotatable bonds is 5. The summed E-state index contributed by atoms with van der Waals surface area (Å²) in [7, 11) is 0. The van der Waals surface area contributed by atoms with E-state index in [-0.39, 0.29) is 17.9 Å². The molecule has 0 unspecified atom stereocenters. The first-order valence-corrected chi connectivity index (χ1v) is 10.8. The summed E-state index contributed by atoms with van der Waals surface area (Å²) in [6.07, 6.45) is 4.19. The zero-order valence-electron chi connectivity index (χ0n) is 18.2. The van der Waals surface area contributed by atoms with Crippen molar-refractivity contribution in [3.8, 4) is 11.4 Å². The molecule has 0 bridgehead atoms. The van der Waals surface area contributed by atoms with Gasteiger partial charge in [-0.3, -0.25) is 14.6 Å². The van der Waals surface area contributed by atoms with Gasteiger partial charge in [-0.2, -0.15) is 0 Å². The number of nitrogens with one attached hydrogen (secondary N) is 2. The maximum absolute atomic E-state index is 12.9. The Morgan fingerprint density at radius 3 is 2.64 bits per heavy atom. The van der Waals surface area contributed by atoms with Gasteiger partial charge in [0.2, 0.25) is 5.91 Å². The summed E-state index contributed by atoms with van der Waals surface area (Å²) in [6.45, 7) is 2.59. The van der Waals surface area contributed by atoms with Crippen molar-refractivity contribution in [2.45, 2.75) is 19.8 Å². The number of aromatic nitrogens is 3. The van der Waals surface area contributed by atoms with Gasteiger partial charge in [-0.05, 0) is 49.2 Å². The van der Waals surface area contributed by atoms with Crippen molar-refractivity contribution in [1.82, 2.24) is 15.0 Å². The number of nitrogens with zero attached hydrogens (tertiary/aromatic N) is 3. The third-order valence-electron chi connectivity index (χ3n) is 5.85. The molecule has 3 heterocycles. The zero-order valence-corrected chi connectivity index (χ0v) is 18.2. The Balaban J connectivity index is 1.37. The van der Waals surface area contributed by atoms with E-state index in [0.29, 0.717) is 28.3 Å². The molecule has 0 radical (unpaired) electrons. The van der Waals surface area contributed by atoms with Gasteiger partial charge in [0.15, 0.2) is 0 Å². The predicted octanol–water partition coefficient (Wildman–Crippen LogP) is 4.02. The number of carbonyl (C=O) groups excluding carboxylic acids is 1. The zero-order chi connectivity index (χ0) is 22.8. The van der Waals surface area contributed by atoms with Gasteiger partial charge >= 0.3 is 0 Å². The lowest BCUT2D eigenvalue weighted by molar-refractivity contribution is -0.115. The van der Waals surface area contributed by atoms with Crippen LogP contribution in [0.1, 0.15) is 16.8 Å². The normalized spacial score (nSPS) is 12.5. The fourth-order valence-corrected chi connectivity index (χ4v) is 4.22. The molecule has 0 aliphatic carbocycles. The number of benzene rings is 2. The van der Waals surface area contributed by atoms with Crippen LogP contribution in [0.15, 0.2) is 77.9 Å². The third kappa shape index (κ3) is 4.13. The van der Waals surface area contributed by atoms with E-state index in [1.165, 1.54) is 5.56 Å². The minimum Gasteiger partial charge on any atom is -0.339 e. The van der Waals surface area contributed by atoms with E-state index in [1.807, 2.05) is 42.5 Å². The highest BCUT2D eigenvalue weighted by atomic mass is 16.2. The van der Waals surface area contributed by atoms with Gasteiger partial charge in [0, 0.05) is 41.4 Å². The van der Waals surface area contributed by atoms with Crippen molar-refractivity contribution >= 4 is 23.0 Å². The molecule has 2 N–H and O–H groups in total. The summed E-state index contributed by atoms with van der Waals surface area (Å²) in [5.41, 5.74) is 5.37. The molecule has 0 saturated carbocycles. The van der Waals surface area contributed by atoms with Crippen molar-refractivity contribution in [2.75, 3.05) is 16.8 Å². The molecular weight excluding hydrogens is 414 g/mol. The number of aromatic amines is 1. The van der Waals surface area contributed by atoms with Crippen molar-refractivity contribution in [3.63, 3.8) is 0 Å². The summed E-state index contributed by atoms with van der Waals surface area (Å²) in [5, 5.41) is 3.00. The fraction of sp³-hybridized carbons (Fsp3) is 0.154. The van der Waals surface area contributed by atoms with E-state index in [0.717, 1.165) is 24.3 Å². The van der Waals surface area contributed by atoms with E-state index < -0.39 is 0 Å². The summed E-state index contributed by atoms with van der Waals surface area (Å²) in [5.74, 6) is 0.173. The summed E-state index contributed by atoms with van der Waals surface area (Å²) in [4.78, 5) is 39.2. The van der Waals surface area contributed by atoms with Crippen LogP contribution in [0.3, 0.4) is 0 Å². The number of amides is 1. The summed E-state index contributed by atoms with van der Waals surface area (Å²) in [6, 6.07) is 19.6. The Hall–Kier alpha value is -4.26. The number of para-hydroxylation sites is 3. The van der Waals surface area contributed by atoms with Crippen LogP contribution in [0.25, 0.3) is 11.4 Å². The van der Waals surface area contributed by atoms with Crippen LogP contribution < -0.4 is 15.8 Å². The van der Waals surface area contributed by atoms with Crippen molar-refractivity contribution in [3.05, 3.63) is 100 Å². The van der Waals surface area contributed by atoms with Crippen LogP contribution in [-0.4, -0.2) is 27.4 Å². The molecule has 164 valence electrons. The van der Waals surface area contributed by atoms with Gasteiger partial charge in [-0.25, -0.2) is 4.98 Å². The number of fused-ring (bicyclic) bond motifs is 1. The summed E-state index contributed by atoms with van der Waals surface area (Å²) < 4.78 is 0. The molecule has 1 aliphatic rings. The maximum atomic E-state index is 12.9. The minimum absolute atomic E-state index is 0.0631. The number of aryl methyl sites for hydroxylation is 1. The Kier molecular flexibility index (Phi) is 5.44. The molecule has 0 spiro atoms. The number of anilines is 3. The smallest absolute Gasteiger partial charge is 0.255 e. The predicted molar refractivity (Wildman–Crippen MR) is 129 cm³/mol. The first-order valence-electron chi connectivity index (χ1n) is 10.8. The molecular formula is C26H23N5O2. The third-order valence-corrected chi connectivity index (χ3v) is 5.85. The van der Waals surface area contributed by atoms with Crippen molar-refractivity contribution < 1.29 is 4.79 Å². The van der Waals surface area contributed by atoms with E-state index in [9.17, 15) is 9.59 Å². The molecule has 5 rings (SSSR count). The highest BCUT2D eigenvalue weighted by Gasteiger charge is 2.22. The lowest BCUT2D eigenvalue weighted by Gasteiger charge is -2.23. The van der Waals surface area contributed by atoms with Crippen molar-refractivity contribution in [1.29, 1.82) is 0 Å². The van der Waals surface area contributed by atoms with Gasteiger partial charge in [0.1, 0.15) is 5.82 Å². The lowest BCUT2D eigenvalue weighted by atomic mass is 10.1. The highest BCUT2D eigenvalue weighted by molar-refractivity contribution is 5.96. The first-order chi connectivity index (χ1) is 16.1. The van der Waals surface area contributed by atoms with Gasteiger partial charge in [-0.15, -0.1) is 0 Å². The Labute approximate surface area is 191 Å². The topological polar surface area (TPSA) is 91.0 Å². The number of hydrogen-bond donors (Lipinski definition) is 2. The van der Waals surface area contributed by atoms with Gasteiger partial charge in [-0.1, -0.05) is 30.3 Å². The highest BCUT2D eigenvalue weighted by Crippen LogP contribution is 2.38. The standard InChI is InChI=1S/C26H23N5O2/c1-17-20(26(33)30-25(28-17)19-8-6-13-27-16-19)15-24(32)29-21-9-3-5-11-23(21)31-14-12-18-7-2-4-10-22(18)31/h2-11,13,16H,12,14-15H2,1H3,(H,29,32)(H,28,30,33). The largest absolute Gasteiger partial charge is 0.339 e. The van der Waals surface area contributed by atoms with Crippen LogP contribution in [0, 0.1) is 6.92 Å². The van der Waals surface area contributed by atoms with Gasteiger partial charge in [0.25, 0.3) is 5.56 Å². The number of H-pyrrole nitrogens is 1. The molecule has 4 aromatic rings. The van der Waals surface area contributed by atoms with Crippen LogP contribution in [0.4, 0.5) is 17.1 Å². The summed E-state index contributed by atoms with van der Waals surface area (Å²) >= 11 is 0. The Morgan fingerprint density at radius 2 is 1.85 bits per heavy atom. The molecule has 2 aromatic heterocycles. The van der Waals surface area contributed by atoms with E-state index >= 15 is 0 Å². The molecule has 7 heteroatoms. The number of hydrogen-bond acceptors (Lipinski definition) is 5. The van der Waals surface area contributed by atoms with Crippen LogP contribution >= 0.6 is 0 Å². The molecule has 0 fully saturated rings. The van der Waals surface area contributed by atoms with Gasteiger partial charge in [0.05, 0.1) is 17.8 Å². The second-order valence-corrected chi connectivity index (χ2v) is 7.99. The lowest BCUT2D eigenvalue weighted by Crippen LogP contribution is -2.24. The molecule has 1 aliphatic heterocycles. The second kappa shape index (κ2) is 8.70. The minimum atomic E-state index is -0.321. The second-order valence-electron chi connectivity index (χ2n) is 7.99. The maximum Gasteiger partial charge on any atom is 0.255 e. The molecule has 2 aromatic carbocycles. The van der Waals surface area contributed by atoms with Crippen molar-refractivity contribution in [2.24, 2.45) is 0 Å². The van der Waals surface area contributed by atoms with Gasteiger partial charge < -0.3 is 15.2 Å². The monoisotopic (exact) mass is 437 g/mol. The van der Waals surface area contributed by atoms with E-state index in [1.54, 1.807) is 25.4 Å². The quantitative estimate of drug-likeness (QED) is 0.492.